The van der Waals surface area contributed by atoms with Crippen LogP contribution in [0.4, 0.5) is 10.5 Å². The molecule has 1 aromatic rings. The molecule has 1 saturated heterocycles. The predicted molar refractivity (Wildman–Crippen MR) is 91.8 cm³/mol. The van der Waals surface area contributed by atoms with Gasteiger partial charge in [-0.2, -0.15) is 0 Å². The van der Waals surface area contributed by atoms with Crippen molar-refractivity contribution in [2.24, 2.45) is 0 Å². The Morgan fingerprint density at radius 1 is 1.45 bits per heavy atom. The normalized spacial score (nSPS) is 15.2. The maximum atomic E-state index is 11.6. The summed E-state index contributed by atoms with van der Waals surface area (Å²) < 4.78 is 5.71. The molecule has 0 aromatic heterocycles. The molecule has 2 rings (SSSR count). The number of anilines is 1. The van der Waals surface area contributed by atoms with Gasteiger partial charge in [0.1, 0.15) is 5.76 Å². The standard InChI is InChI=1S/C17H20N2O2S/c1-3-5-7-15(6-4-2)21-22-16-10-8-14(9-11-16)19-13-12-18-17(19)20/h3,5-11H,1,4,12-13H2,2H3,(H,18,20)/b7-5-,15-6+. The van der Waals surface area contributed by atoms with E-state index in [0.29, 0.717) is 13.1 Å². The highest BCUT2D eigenvalue weighted by atomic mass is 32.2. The van der Waals surface area contributed by atoms with Crippen LogP contribution in [0.25, 0.3) is 0 Å². The van der Waals surface area contributed by atoms with Crippen LogP contribution in [-0.2, 0) is 4.18 Å². The second-order valence-corrected chi connectivity index (χ2v) is 5.46. The van der Waals surface area contributed by atoms with Gasteiger partial charge in [-0.25, -0.2) is 4.79 Å². The Hall–Kier alpha value is -2.14. The highest BCUT2D eigenvalue weighted by Gasteiger charge is 2.20. The number of urea groups is 1. The van der Waals surface area contributed by atoms with Crippen LogP contribution in [0.5, 0.6) is 0 Å². The Kier molecular flexibility index (Phi) is 6.15. The number of allylic oxidation sites excluding steroid dienone is 4. The molecule has 0 atom stereocenters. The molecule has 5 heteroatoms. The molecule has 2 amide bonds. The fraction of sp³-hybridized carbons (Fsp3) is 0.235. The molecule has 116 valence electrons. The van der Waals surface area contributed by atoms with E-state index in [2.05, 4.69) is 18.8 Å². The molecule has 0 unspecified atom stereocenters. The molecule has 0 radical (unpaired) electrons. The van der Waals surface area contributed by atoms with E-state index in [1.807, 2.05) is 42.5 Å². The molecular weight excluding hydrogens is 296 g/mol. The maximum absolute atomic E-state index is 11.6. The highest BCUT2D eigenvalue weighted by molar-refractivity contribution is 7.94. The minimum atomic E-state index is -0.0422. The molecule has 4 nitrogen and oxygen atoms in total. The zero-order chi connectivity index (χ0) is 15.8. The van der Waals surface area contributed by atoms with Crippen molar-refractivity contribution in [3.63, 3.8) is 0 Å². The first-order valence-corrected chi connectivity index (χ1v) is 7.98. The lowest BCUT2D eigenvalue weighted by Crippen LogP contribution is -2.27. The number of hydrogen-bond acceptors (Lipinski definition) is 3. The molecule has 1 aliphatic heterocycles. The first-order valence-electron chi connectivity index (χ1n) is 7.24. The summed E-state index contributed by atoms with van der Waals surface area (Å²) in [5, 5.41) is 2.79. The van der Waals surface area contributed by atoms with Gasteiger partial charge in [0, 0.05) is 23.7 Å². The van der Waals surface area contributed by atoms with Crippen molar-refractivity contribution in [1.29, 1.82) is 0 Å². The zero-order valence-corrected chi connectivity index (χ0v) is 13.4. The van der Waals surface area contributed by atoms with E-state index in [4.69, 9.17) is 4.18 Å². The molecule has 22 heavy (non-hydrogen) atoms. The van der Waals surface area contributed by atoms with Gasteiger partial charge >= 0.3 is 6.03 Å². The van der Waals surface area contributed by atoms with E-state index in [-0.39, 0.29) is 6.03 Å². The number of nitrogens with one attached hydrogen (secondary N) is 1. The molecule has 0 bridgehead atoms. The second-order valence-electron chi connectivity index (χ2n) is 4.65. The number of carbonyl (C=O) groups excluding carboxylic acids is 1. The lowest BCUT2D eigenvalue weighted by Gasteiger charge is -2.14. The third kappa shape index (κ3) is 4.43. The lowest BCUT2D eigenvalue weighted by molar-refractivity contribution is 0.252. The summed E-state index contributed by atoms with van der Waals surface area (Å²) in [5.41, 5.74) is 0.898. The number of amides is 2. The van der Waals surface area contributed by atoms with Crippen LogP contribution in [0.15, 0.2) is 65.8 Å². The van der Waals surface area contributed by atoms with Gasteiger partial charge in [0.2, 0.25) is 0 Å². The SMILES string of the molecule is C=C/C=C\C(=C/CC)OSc1ccc(N2CCNC2=O)cc1. The monoisotopic (exact) mass is 316 g/mol. The highest BCUT2D eigenvalue weighted by Crippen LogP contribution is 2.26. The molecule has 1 N–H and O–H groups in total. The number of hydrogen-bond donors (Lipinski definition) is 1. The van der Waals surface area contributed by atoms with Crippen LogP contribution < -0.4 is 10.2 Å². The average Bonchev–Trinajstić information content (AvgIpc) is 2.97. The minimum absolute atomic E-state index is 0.0422. The van der Waals surface area contributed by atoms with E-state index in [1.54, 1.807) is 11.0 Å². The Morgan fingerprint density at radius 2 is 2.23 bits per heavy atom. The van der Waals surface area contributed by atoms with Crippen molar-refractivity contribution in [2.75, 3.05) is 18.0 Å². The van der Waals surface area contributed by atoms with Gasteiger partial charge in [-0.05, 0) is 42.8 Å². The van der Waals surface area contributed by atoms with Crippen LogP contribution >= 0.6 is 12.0 Å². The number of carbonyl (C=O) groups is 1. The van der Waals surface area contributed by atoms with Crippen molar-refractivity contribution < 1.29 is 8.98 Å². The number of nitrogens with zero attached hydrogens (tertiary/aromatic N) is 1. The van der Waals surface area contributed by atoms with Crippen LogP contribution in [0.1, 0.15) is 13.3 Å². The van der Waals surface area contributed by atoms with E-state index < -0.39 is 0 Å². The average molecular weight is 316 g/mol. The summed E-state index contributed by atoms with van der Waals surface area (Å²) in [4.78, 5) is 14.3. The van der Waals surface area contributed by atoms with Gasteiger partial charge in [0.25, 0.3) is 0 Å². The smallest absolute Gasteiger partial charge is 0.321 e. The van der Waals surface area contributed by atoms with E-state index in [0.717, 1.165) is 22.8 Å². The summed E-state index contributed by atoms with van der Waals surface area (Å²) in [5.74, 6) is 0.801. The largest absolute Gasteiger partial charge is 0.421 e. The van der Waals surface area contributed by atoms with E-state index in [9.17, 15) is 4.79 Å². The maximum Gasteiger partial charge on any atom is 0.321 e. The first-order chi connectivity index (χ1) is 10.7. The fourth-order valence-electron chi connectivity index (χ4n) is 1.99. The molecule has 1 aromatic carbocycles. The molecule has 0 saturated carbocycles. The van der Waals surface area contributed by atoms with E-state index in [1.165, 1.54) is 12.0 Å². The Morgan fingerprint density at radius 3 is 2.82 bits per heavy atom. The number of benzene rings is 1. The zero-order valence-electron chi connectivity index (χ0n) is 12.6. The first kappa shape index (κ1) is 16.2. The summed E-state index contributed by atoms with van der Waals surface area (Å²) in [7, 11) is 0. The molecule has 0 aliphatic carbocycles. The molecule has 1 heterocycles. The fourth-order valence-corrected chi connectivity index (χ4v) is 2.55. The van der Waals surface area contributed by atoms with Gasteiger partial charge in [0.15, 0.2) is 0 Å². The molecule has 1 aliphatic rings. The van der Waals surface area contributed by atoms with Crippen molar-refractivity contribution >= 4 is 23.8 Å². The third-order valence-electron chi connectivity index (χ3n) is 3.04. The van der Waals surface area contributed by atoms with Crippen LogP contribution in [0.3, 0.4) is 0 Å². The Balaban J connectivity index is 1.96. The van der Waals surface area contributed by atoms with E-state index >= 15 is 0 Å². The van der Waals surface area contributed by atoms with Gasteiger partial charge in [-0.1, -0.05) is 25.7 Å². The van der Waals surface area contributed by atoms with Gasteiger partial charge in [-0.15, -0.1) is 0 Å². The molecule has 1 fully saturated rings. The minimum Gasteiger partial charge on any atom is -0.421 e. The molecule has 0 spiro atoms. The summed E-state index contributed by atoms with van der Waals surface area (Å²) in [6.45, 7) is 7.11. The Labute approximate surface area is 135 Å². The van der Waals surface area contributed by atoms with Crippen LogP contribution in [0, 0.1) is 0 Å². The topological polar surface area (TPSA) is 41.6 Å². The van der Waals surface area contributed by atoms with Crippen molar-refractivity contribution in [3.8, 4) is 0 Å². The lowest BCUT2D eigenvalue weighted by atomic mass is 10.3. The number of rotatable bonds is 7. The summed E-state index contributed by atoms with van der Waals surface area (Å²) in [6, 6.07) is 7.72. The van der Waals surface area contributed by atoms with Crippen molar-refractivity contribution in [3.05, 3.63) is 60.9 Å². The van der Waals surface area contributed by atoms with Crippen LogP contribution in [0.2, 0.25) is 0 Å². The third-order valence-corrected chi connectivity index (χ3v) is 3.78. The van der Waals surface area contributed by atoms with Gasteiger partial charge in [0.05, 0.1) is 12.0 Å². The summed E-state index contributed by atoms with van der Waals surface area (Å²) in [6.07, 6.45) is 8.35. The van der Waals surface area contributed by atoms with Crippen molar-refractivity contribution in [2.45, 2.75) is 18.2 Å². The van der Waals surface area contributed by atoms with Crippen molar-refractivity contribution in [1.82, 2.24) is 5.32 Å². The quantitative estimate of drug-likeness (QED) is 0.464. The van der Waals surface area contributed by atoms with Gasteiger partial charge < -0.3 is 9.50 Å². The Bertz CT molecular complexity index is 579. The van der Waals surface area contributed by atoms with Crippen LogP contribution in [-0.4, -0.2) is 19.1 Å². The summed E-state index contributed by atoms with van der Waals surface area (Å²) >= 11 is 1.30. The van der Waals surface area contributed by atoms with Gasteiger partial charge in [-0.3, -0.25) is 4.90 Å². The second kappa shape index (κ2) is 8.34. The predicted octanol–water partition coefficient (Wildman–Crippen LogP) is 4.28. The molecular formula is C17H20N2O2S.